The summed E-state index contributed by atoms with van der Waals surface area (Å²) in [5.41, 5.74) is 1.14. The molecule has 2 aliphatic rings. The van der Waals surface area contributed by atoms with E-state index in [0.29, 0.717) is 11.7 Å². The number of amides is 2. The van der Waals surface area contributed by atoms with Gasteiger partial charge in [-0.15, -0.1) is 0 Å². The van der Waals surface area contributed by atoms with Crippen LogP contribution in [0.15, 0.2) is 18.2 Å². The van der Waals surface area contributed by atoms with E-state index in [1.54, 1.807) is 12.1 Å². The Hall–Kier alpha value is -3.22. The second-order valence-corrected chi connectivity index (χ2v) is 10.4. The number of esters is 2. The van der Waals surface area contributed by atoms with Crippen LogP contribution in [-0.2, 0) is 45.8 Å². The van der Waals surface area contributed by atoms with Crippen LogP contribution in [-0.4, -0.2) is 63.4 Å². The quantitative estimate of drug-likeness (QED) is 0.160. The third-order valence-electron chi connectivity index (χ3n) is 7.41. The second-order valence-electron chi connectivity index (χ2n) is 10.4. The van der Waals surface area contributed by atoms with Crippen molar-refractivity contribution in [1.82, 2.24) is 21.3 Å². The fraction of sp³-hybridized carbons (Fsp3) is 0.655. The Kier molecular flexibility index (Phi) is 12.4. The van der Waals surface area contributed by atoms with Crippen molar-refractivity contribution in [1.29, 1.82) is 0 Å². The van der Waals surface area contributed by atoms with Gasteiger partial charge in [-0.3, -0.25) is 29.8 Å². The van der Waals surface area contributed by atoms with Gasteiger partial charge in [0.1, 0.15) is 11.3 Å². The van der Waals surface area contributed by atoms with Crippen LogP contribution in [0.1, 0.15) is 76.3 Å². The molecule has 2 heterocycles. The van der Waals surface area contributed by atoms with Crippen LogP contribution in [0.4, 0.5) is 0 Å². The highest BCUT2D eigenvalue weighted by molar-refractivity contribution is 5.81. The first-order valence-electron chi connectivity index (χ1n) is 14.4. The highest BCUT2D eigenvalue weighted by atomic mass is 16.9. The molecule has 3 unspecified atom stereocenters. The van der Waals surface area contributed by atoms with Crippen molar-refractivity contribution >= 4 is 23.8 Å². The predicted octanol–water partition coefficient (Wildman–Crippen LogP) is 1.95. The molecule has 2 saturated heterocycles. The van der Waals surface area contributed by atoms with Crippen molar-refractivity contribution in [3.8, 4) is 5.75 Å². The van der Waals surface area contributed by atoms with E-state index in [2.05, 4.69) is 35.1 Å². The van der Waals surface area contributed by atoms with Gasteiger partial charge in [0, 0.05) is 20.0 Å². The lowest BCUT2D eigenvalue weighted by Gasteiger charge is -2.33. The summed E-state index contributed by atoms with van der Waals surface area (Å²) in [7, 11) is 2.81. The first kappa shape index (κ1) is 32.3. The number of carbonyl (C=O) groups is 4. The molecule has 0 aromatic heterocycles. The van der Waals surface area contributed by atoms with E-state index < -0.39 is 17.9 Å². The first-order valence-corrected chi connectivity index (χ1v) is 14.4. The minimum atomic E-state index is -2.21. The molecule has 3 atom stereocenters. The van der Waals surface area contributed by atoms with Gasteiger partial charge in [0.15, 0.2) is 0 Å². The highest BCUT2D eigenvalue weighted by Crippen LogP contribution is 2.39. The molecule has 2 amide bonds. The van der Waals surface area contributed by atoms with E-state index in [4.69, 9.17) is 18.9 Å². The van der Waals surface area contributed by atoms with Crippen LogP contribution in [0.2, 0.25) is 0 Å². The number of hydrogen-bond donors (Lipinski definition) is 4. The Morgan fingerprint density at radius 1 is 0.951 bits per heavy atom. The van der Waals surface area contributed by atoms with Crippen molar-refractivity contribution < 1.29 is 38.1 Å². The van der Waals surface area contributed by atoms with Gasteiger partial charge in [-0.1, -0.05) is 51.7 Å². The van der Waals surface area contributed by atoms with E-state index in [0.717, 1.165) is 37.7 Å². The van der Waals surface area contributed by atoms with Crippen molar-refractivity contribution in [3.63, 3.8) is 0 Å². The van der Waals surface area contributed by atoms with Crippen molar-refractivity contribution in [2.24, 2.45) is 5.92 Å². The molecule has 3 rings (SSSR count). The summed E-state index contributed by atoms with van der Waals surface area (Å²) >= 11 is 0. The fourth-order valence-corrected chi connectivity index (χ4v) is 5.11. The zero-order valence-corrected chi connectivity index (χ0v) is 24.5. The maximum atomic E-state index is 13.1. The smallest absolute Gasteiger partial charge is 0.409 e. The molecule has 0 saturated carbocycles. The summed E-state index contributed by atoms with van der Waals surface area (Å²) < 4.78 is 23.1. The van der Waals surface area contributed by atoms with E-state index in [-0.39, 0.29) is 68.5 Å². The van der Waals surface area contributed by atoms with Crippen LogP contribution in [0.5, 0.6) is 5.75 Å². The number of nitrogens with one attached hydrogen (secondary N) is 4. The van der Waals surface area contributed by atoms with E-state index in [1.165, 1.54) is 14.2 Å². The molecule has 2 fully saturated rings. The zero-order valence-electron chi connectivity index (χ0n) is 24.5. The number of hydrogen-bond acceptors (Lipinski definition) is 10. The Morgan fingerprint density at radius 2 is 1.54 bits per heavy atom. The van der Waals surface area contributed by atoms with Gasteiger partial charge in [0.25, 0.3) is 0 Å². The monoisotopic (exact) mass is 576 g/mol. The number of unbranched alkanes of at least 4 members (excludes halogenated alkanes) is 1. The van der Waals surface area contributed by atoms with Gasteiger partial charge in [0.05, 0.1) is 32.5 Å². The maximum absolute atomic E-state index is 13.1. The normalized spacial score (nSPS) is 20.6. The molecule has 0 aliphatic carbocycles. The first-order chi connectivity index (χ1) is 19.7. The maximum Gasteiger partial charge on any atom is 0.409 e. The Morgan fingerprint density at radius 3 is 1.98 bits per heavy atom. The van der Waals surface area contributed by atoms with Crippen LogP contribution in [0, 0.1) is 5.92 Å². The van der Waals surface area contributed by atoms with E-state index in [9.17, 15) is 19.2 Å². The molecule has 12 heteroatoms. The third kappa shape index (κ3) is 9.14. The number of carbonyl (C=O) groups excluding carboxylic acids is 4. The van der Waals surface area contributed by atoms with Crippen LogP contribution in [0.25, 0.3) is 0 Å². The van der Waals surface area contributed by atoms with Crippen LogP contribution >= 0.6 is 0 Å². The average Bonchev–Trinajstić information content (AvgIpc) is 3.59. The lowest BCUT2D eigenvalue weighted by Crippen LogP contribution is -2.41. The Bertz CT molecular complexity index is 1020. The van der Waals surface area contributed by atoms with Gasteiger partial charge in [-0.2, -0.15) is 0 Å². The molecular weight excluding hydrogens is 532 g/mol. The summed E-state index contributed by atoms with van der Waals surface area (Å²) in [5, 5.41) is 11.4. The molecule has 228 valence electrons. The zero-order chi connectivity index (χ0) is 29.8. The fourth-order valence-electron chi connectivity index (χ4n) is 5.11. The highest BCUT2D eigenvalue weighted by Gasteiger charge is 2.45. The Labute approximate surface area is 241 Å². The van der Waals surface area contributed by atoms with Gasteiger partial charge in [-0.05, 0) is 36.8 Å². The number of ether oxygens (including phenoxy) is 4. The second kappa shape index (κ2) is 15.7. The van der Waals surface area contributed by atoms with Crippen molar-refractivity contribution in [2.45, 2.75) is 89.9 Å². The molecule has 12 nitrogen and oxygen atoms in total. The summed E-state index contributed by atoms with van der Waals surface area (Å²) in [6.45, 7) is 4.67. The topological polar surface area (TPSA) is 153 Å². The average molecular weight is 577 g/mol. The van der Waals surface area contributed by atoms with Crippen LogP contribution in [0.3, 0.4) is 0 Å². The van der Waals surface area contributed by atoms with Gasteiger partial charge in [0.2, 0.25) is 11.8 Å². The molecule has 41 heavy (non-hydrogen) atoms. The largest absolute Gasteiger partial charge is 0.496 e. The van der Waals surface area contributed by atoms with Crippen LogP contribution < -0.4 is 26.0 Å². The summed E-state index contributed by atoms with van der Waals surface area (Å²) in [6, 6.07) is 5.39. The number of benzene rings is 1. The molecule has 1 aromatic carbocycles. The molecule has 0 radical (unpaired) electrons. The molecular formula is C29H44N4O8. The molecule has 1 aromatic rings. The van der Waals surface area contributed by atoms with Gasteiger partial charge >= 0.3 is 17.9 Å². The summed E-state index contributed by atoms with van der Waals surface area (Å²) in [5.74, 6) is -3.05. The van der Waals surface area contributed by atoms with E-state index in [1.807, 2.05) is 6.07 Å². The summed E-state index contributed by atoms with van der Waals surface area (Å²) in [4.78, 5) is 49.2. The van der Waals surface area contributed by atoms with Crippen molar-refractivity contribution in [2.75, 3.05) is 27.3 Å². The molecule has 4 N–H and O–H groups in total. The summed E-state index contributed by atoms with van der Waals surface area (Å²) in [6.07, 6.45) is 4.68. The SMILES string of the molecule is CCCCC(CC)Cc1cccc(C(OC)(OC(=O)CCC2NCC(=O)N2)OC(=O)CCC2NCC(=O)N2)c1OC. The minimum Gasteiger partial charge on any atom is -0.496 e. The number of rotatable bonds is 17. The van der Waals surface area contributed by atoms with E-state index >= 15 is 0 Å². The minimum absolute atomic E-state index is 0.0738. The van der Waals surface area contributed by atoms with Gasteiger partial charge < -0.3 is 29.6 Å². The molecule has 0 spiro atoms. The van der Waals surface area contributed by atoms with Crippen molar-refractivity contribution in [3.05, 3.63) is 29.3 Å². The number of para-hydroxylation sites is 1. The lowest BCUT2D eigenvalue weighted by molar-refractivity contribution is -0.348. The standard InChI is InChI=1S/C29H44N4O8/c1-5-7-9-19(6-2)16-20-10-8-11-21(28(20)38-3)29(39-4,40-26(36)14-12-22-30-17-24(34)32-22)41-27(37)15-13-23-31-18-25(35)33-23/h8,10-11,19,22-23,30-31H,5-7,9,12-18H2,1-4H3,(H,32,34)(H,33,35). The predicted molar refractivity (Wildman–Crippen MR) is 149 cm³/mol. The third-order valence-corrected chi connectivity index (χ3v) is 7.41. The van der Waals surface area contributed by atoms with Gasteiger partial charge in [-0.25, -0.2) is 0 Å². The number of methoxy groups -OCH3 is 2. The molecule has 2 aliphatic heterocycles. The lowest BCUT2D eigenvalue weighted by atomic mass is 9.90. The molecule has 0 bridgehead atoms. The Balaban J connectivity index is 1.86.